The zero-order chi connectivity index (χ0) is 11.4. The largest absolute Gasteiger partial charge is 0.389 e. The minimum Gasteiger partial charge on any atom is -0.389 e. The maximum absolute atomic E-state index is 9.46. The van der Waals surface area contributed by atoms with E-state index in [2.05, 4.69) is 15.5 Å². The van der Waals surface area contributed by atoms with E-state index in [4.69, 9.17) is 0 Å². The van der Waals surface area contributed by atoms with Gasteiger partial charge in [0.2, 0.25) is 0 Å². The Morgan fingerprint density at radius 2 is 1.75 bits per heavy atom. The van der Waals surface area contributed by atoms with Gasteiger partial charge in [-0.1, -0.05) is 0 Å². The first-order chi connectivity index (χ1) is 7.79. The first kappa shape index (κ1) is 12.3. The Kier molecular flexibility index (Phi) is 4.55. The number of nitrogens with zero attached hydrogens (tertiary/aromatic N) is 1. The number of rotatable bonds is 0. The Labute approximate surface area is 96.8 Å². The SMILES string of the molecule is C1CCNC1.OC1CN2CCNCC2C1O. The van der Waals surface area contributed by atoms with Gasteiger partial charge in [-0.05, 0) is 25.9 Å². The first-order valence-electron chi connectivity index (χ1n) is 6.30. The van der Waals surface area contributed by atoms with Crippen molar-refractivity contribution in [1.29, 1.82) is 0 Å². The average molecular weight is 229 g/mol. The molecule has 0 spiro atoms. The number of hydrogen-bond donors (Lipinski definition) is 4. The molecule has 0 aliphatic carbocycles. The van der Waals surface area contributed by atoms with Gasteiger partial charge in [-0.3, -0.25) is 4.90 Å². The summed E-state index contributed by atoms with van der Waals surface area (Å²) < 4.78 is 0. The summed E-state index contributed by atoms with van der Waals surface area (Å²) in [6, 6.07) is 0.138. The quantitative estimate of drug-likeness (QED) is 0.401. The highest BCUT2D eigenvalue weighted by Crippen LogP contribution is 2.19. The van der Waals surface area contributed by atoms with Crippen LogP contribution in [0, 0.1) is 0 Å². The highest BCUT2D eigenvalue weighted by molar-refractivity contribution is 4.96. The second-order valence-electron chi connectivity index (χ2n) is 4.78. The van der Waals surface area contributed by atoms with E-state index in [-0.39, 0.29) is 6.04 Å². The van der Waals surface area contributed by atoms with E-state index in [1.165, 1.54) is 25.9 Å². The van der Waals surface area contributed by atoms with Crippen LogP contribution in [0.3, 0.4) is 0 Å². The van der Waals surface area contributed by atoms with Crippen LogP contribution in [0.5, 0.6) is 0 Å². The summed E-state index contributed by atoms with van der Waals surface area (Å²) in [5.74, 6) is 0. The number of aliphatic hydroxyl groups excluding tert-OH is 2. The van der Waals surface area contributed by atoms with Crippen LogP contribution in [0.25, 0.3) is 0 Å². The lowest BCUT2D eigenvalue weighted by atomic mass is 10.1. The van der Waals surface area contributed by atoms with Crippen LogP contribution in [0.2, 0.25) is 0 Å². The van der Waals surface area contributed by atoms with Crippen LogP contribution in [-0.4, -0.2) is 72.6 Å². The Morgan fingerprint density at radius 3 is 2.31 bits per heavy atom. The normalized spacial score (nSPS) is 39.0. The fraction of sp³-hybridized carbons (Fsp3) is 1.00. The van der Waals surface area contributed by atoms with Gasteiger partial charge in [0.05, 0.1) is 18.2 Å². The van der Waals surface area contributed by atoms with E-state index in [1.807, 2.05) is 0 Å². The predicted octanol–water partition coefficient (Wildman–Crippen LogP) is -1.63. The fourth-order valence-corrected chi connectivity index (χ4v) is 2.56. The lowest BCUT2D eigenvalue weighted by Crippen LogP contribution is -2.51. The summed E-state index contributed by atoms with van der Waals surface area (Å²) >= 11 is 0. The van der Waals surface area contributed by atoms with Crippen molar-refractivity contribution in [2.24, 2.45) is 0 Å². The van der Waals surface area contributed by atoms with E-state index < -0.39 is 12.2 Å². The zero-order valence-corrected chi connectivity index (χ0v) is 9.73. The van der Waals surface area contributed by atoms with Crippen molar-refractivity contribution in [1.82, 2.24) is 15.5 Å². The molecule has 3 heterocycles. The van der Waals surface area contributed by atoms with Crippen LogP contribution >= 0.6 is 0 Å². The molecule has 5 nitrogen and oxygen atoms in total. The molecule has 0 aromatic rings. The van der Waals surface area contributed by atoms with E-state index >= 15 is 0 Å². The molecule has 3 saturated heterocycles. The lowest BCUT2D eigenvalue weighted by Gasteiger charge is -2.30. The summed E-state index contributed by atoms with van der Waals surface area (Å²) in [7, 11) is 0. The van der Waals surface area contributed by atoms with Crippen LogP contribution in [-0.2, 0) is 0 Å². The van der Waals surface area contributed by atoms with Gasteiger partial charge >= 0.3 is 0 Å². The minimum absolute atomic E-state index is 0.138. The number of nitrogens with one attached hydrogen (secondary N) is 2. The molecule has 0 saturated carbocycles. The summed E-state index contributed by atoms with van der Waals surface area (Å²) in [4.78, 5) is 2.14. The molecule has 16 heavy (non-hydrogen) atoms. The standard InChI is InChI=1S/C7H14N2O2.C4H9N/c10-6-4-9-2-1-8-3-5(9)7(6)11;1-2-4-5-3-1/h5-8,10-11H,1-4H2;5H,1-4H2. The molecule has 0 aromatic heterocycles. The zero-order valence-electron chi connectivity index (χ0n) is 9.73. The van der Waals surface area contributed by atoms with Crippen molar-refractivity contribution in [2.75, 3.05) is 39.3 Å². The van der Waals surface area contributed by atoms with Gasteiger partial charge < -0.3 is 20.8 Å². The van der Waals surface area contributed by atoms with Gasteiger partial charge in [0.25, 0.3) is 0 Å². The fourth-order valence-electron chi connectivity index (χ4n) is 2.56. The summed E-state index contributed by atoms with van der Waals surface area (Å²) in [5.41, 5.74) is 0. The maximum atomic E-state index is 9.46. The van der Waals surface area contributed by atoms with Crippen LogP contribution in [0.4, 0.5) is 0 Å². The molecule has 3 atom stereocenters. The molecule has 0 bridgehead atoms. The smallest absolute Gasteiger partial charge is 0.0978 e. The van der Waals surface area contributed by atoms with Gasteiger partial charge in [-0.15, -0.1) is 0 Å². The maximum Gasteiger partial charge on any atom is 0.0978 e. The number of fused-ring (bicyclic) bond motifs is 1. The molecule has 5 heteroatoms. The predicted molar refractivity (Wildman–Crippen MR) is 62.3 cm³/mol. The highest BCUT2D eigenvalue weighted by atomic mass is 16.3. The van der Waals surface area contributed by atoms with E-state index in [0.717, 1.165) is 19.6 Å². The van der Waals surface area contributed by atoms with Gasteiger partial charge in [0, 0.05) is 26.2 Å². The molecule has 3 aliphatic rings. The molecule has 0 amide bonds. The third-order valence-corrected chi connectivity index (χ3v) is 3.57. The van der Waals surface area contributed by atoms with Gasteiger partial charge in [0.15, 0.2) is 0 Å². The van der Waals surface area contributed by atoms with E-state index in [9.17, 15) is 10.2 Å². The molecule has 3 unspecified atom stereocenters. The van der Waals surface area contributed by atoms with Crippen molar-refractivity contribution in [3.05, 3.63) is 0 Å². The van der Waals surface area contributed by atoms with E-state index in [0.29, 0.717) is 6.54 Å². The Hall–Kier alpha value is -0.200. The second-order valence-corrected chi connectivity index (χ2v) is 4.78. The van der Waals surface area contributed by atoms with Crippen molar-refractivity contribution < 1.29 is 10.2 Å². The van der Waals surface area contributed by atoms with E-state index in [1.54, 1.807) is 0 Å². The third kappa shape index (κ3) is 2.93. The molecule has 94 valence electrons. The monoisotopic (exact) mass is 229 g/mol. The molecule has 0 aromatic carbocycles. The molecular weight excluding hydrogens is 206 g/mol. The highest BCUT2D eigenvalue weighted by Gasteiger charge is 2.40. The van der Waals surface area contributed by atoms with Gasteiger partial charge in [-0.25, -0.2) is 0 Å². The van der Waals surface area contributed by atoms with Gasteiger partial charge in [-0.2, -0.15) is 0 Å². The lowest BCUT2D eigenvalue weighted by molar-refractivity contribution is 0.0351. The third-order valence-electron chi connectivity index (χ3n) is 3.57. The molecule has 0 radical (unpaired) electrons. The van der Waals surface area contributed by atoms with Crippen molar-refractivity contribution in [3.63, 3.8) is 0 Å². The molecule has 3 rings (SSSR count). The molecule has 4 N–H and O–H groups in total. The number of hydrogen-bond acceptors (Lipinski definition) is 5. The first-order valence-corrected chi connectivity index (χ1v) is 6.30. The summed E-state index contributed by atoms with van der Waals surface area (Å²) in [6.07, 6.45) is 1.68. The number of aliphatic hydroxyl groups is 2. The summed E-state index contributed by atoms with van der Waals surface area (Å²) in [5, 5.41) is 25.2. The van der Waals surface area contributed by atoms with Crippen molar-refractivity contribution in [3.8, 4) is 0 Å². The molecule has 3 aliphatic heterocycles. The Balaban J connectivity index is 0.000000162. The Bertz CT molecular complexity index is 204. The van der Waals surface area contributed by atoms with Crippen molar-refractivity contribution >= 4 is 0 Å². The minimum atomic E-state index is -0.553. The average Bonchev–Trinajstić information content (AvgIpc) is 2.93. The van der Waals surface area contributed by atoms with Crippen molar-refractivity contribution in [2.45, 2.75) is 31.1 Å². The Morgan fingerprint density at radius 1 is 1.00 bits per heavy atom. The van der Waals surface area contributed by atoms with Crippen LogP contribution < -0.4 is 10.6 Å². The molecular formula is C11H23N3O2. The second kappa shape index (κ2) is 5.93. The van der Waals surface area contributed by atoms with Crippen LogP contribution in [0.15, 0.2) is 0 Å². The molecule has 3 fully saturated rings. The topological polar surface area (TPSA) is 67.8 Å². The summed E-state index contributed by atoms with van der Waals surface area (Å²) in [6.45, 7) is 5.85. The van der Waals surface area contributed by atoms with Crippen LogP contribution in [0.1, 0.15) is 12.8 Å². The van der Waals surface area contributed by atoms with Gasteiger partial charge in [0.1, 0.15) is 0 Å². The number of piperazine rings is 1.